The summed E-state index contributed by atoms with van der Waals surface area (Å²) in [6.07, 6.45) is 32.4. The van der Waals surface area contributed by atoms with Gasteiger partial charge in [0.2, 0.25) is 0 Å². The third-order valence-electron chi connectivity index (χ3n) is 9.08. The van der Waals surface area contributed by atoms with Crippen molar-refractivity contribution in [3.05, 3.63) is 24.3 Å². The maximum absolute atomic E-state index is 12.6. The van der Waals surface area contributed by atoms with Gasteiger partial charge in [-0.2, -0.15) is 0 Å². The zero-order valence-corrected chi connectivity index (χ0v) is 35.5. The number of hydrogen-bond donors (Lipinski definition) is 1. The Labute approximate surface area is 324 Å². The second-order valence-corrected chi connectivity index (χ2v) is 17.0. The molecule has 0 fully saturated rings. The molecule has 53 heavy (non-hydrogen) atoms. The Morgan fingerprint density at radius 2 is 1.19 bits per heavy atom. The van der Waals surface area contributed by atoms with Gasteiger partial charge in [0.15, 0.2) is 6.10 Å². The number of unbranched alkanes of at least 4 members (excludes halogenated alkanes) is 19. The molecule has 0 aromatic carbocycles. The van der Waals surface area contributed by atoms with Crippen molar-refractivity contribution < 1.29 is 47.2 Å². The second-order valence-electron chi connectivity index (χ2n) is 15.6. The van der Waals surface area contributed by atoms with Crippen LogP contribution in [0, 0.1) is 0 Å². The molecule has 0 saturated heterocycles. The van der Waals surface area contributed by atoms with Crippen LogP contribution >= 0.6 is 7.82 Å². The highest BCUT2D eigenvalue weighted by molar-refractivity contribution is 7.45. The number of allylic oxidation sites excluding steroid dienone is 3. The largest absolute Gasteiger partial charge is 0.756 e. The molecule has 2 unspecified atom stereocenters. The fourth-order valence-electron chi connectivity index (χ4n) is 5.67. The SMILES string of the molecule is CCCCCCCCCCCCCCCC(=O)OC[C@H](COP(=O)([O-])OCC[N+](C)(C)C)OC(=O)CCCCCCC/C=C\C=C\C(O)CCCCC. The van der Waals surface area contributed by atoms with E-state index >= 15 is 0 Å². The van der Waals surface area contributed by atoms with Crippen LogP contribution < -0.4 is 4.89 Å². The summed E-state index contributed by atoms with van der Waals surface area (Å²) in [7, 11) is 1.12. The molecule has 0 heterocycles. The van der Waals surface area contributed by atoms with E-state index < -0.39 is 32.5 Å². The van der Waals surface area contributed by atoms with Gasteiger partial charge in [0.25, 0.3) is 7.82 Å². The fourth-order valence-corrected chi connectivity index (χ4v) is 6.40. The maximum atomic E-state index is 12.6. The van der Waals surface area contributed by atoms with Gasteiger partial charge < -0.3 is 33.0 Å². The molecule has 11 heteroatoms. The highest BCUT2D eigenvalue weighted by Crippen LogP contribution is 2.38. The number of carbonyl (C=O) groups excluding carboxylic acids is 2. The lowest BCUT2D eigenvalue weighted by Gasteiger charge is -2.28. The van der Waals surface area contributed by atoms with E-state index in [9.17, 15) is 24.2 Å². The van der Waals surface area contributed by atoms with Crippen molar-refractivity contribution in [1.82, 2.24) is 0 Å². The number of esters is 2. The summed E-state index contributed by atoms with van der Waals surface area (Å²) in [5.74, 6) is -0.881. The van der Waals surface area contributed by atoms with Crippen molar-refractivity contribution in [2.24, 2.45) is 0 Å². The minimum atomic E-state index is -4.64. The summed E-state index contributed by atoms with van der Waals surface area (Å²) in [5.41, 5.74) is 0. The van der Waals surface area contributed by atoms with Crippen LogP contribution in [0.1, 0.15) is 174 Å². The van der Waals surface area contributed by atoms with Crippen LogP contribution in [0.25, 0.3) is 0 Å². The molecular formula is C42H80NO9P. The van der Waals surface area contributed by atoms with Crippen molar-refractivity contribution in [1.29, 1.82) is 0 Å². The Morgan fingerprint density at radius 3 is 1.75 bits per heavy atom. The maximum Gasteiger partial charge on any atom is 0.306 e. The average Bonchev–Trinajstić information content (AvgIpc) is 3.09. The van der Waals surface area contributed by atoms with Gasteiger partial charge in [-0.15, -0.1) is 0 Å². The third-order valence-corrected chi connectivity index (χ3v) is 10.0. The fraction of sp³-hybridized carbons (Fsp3) is 0.857. The number of ether oxygens (including phenoxy) is 2. The minimum absolute atomic E-state index is 0.0422. The lowest BCUT2D eigenvalue weighted by Crippen LogP contribution is -2.37. The Balaban J connectivity index is 4.45. The summed E-state index contributed by atoms with van der Waals surface area (Å²) in [6.45, 7) is 4.06. The number of quaternary nitrogens is 1. The predicted molar refractivity (Wildman–Crippen MR) is 214 cm³/mol. The molecule has 0 radical (unpaired) electrons. The topological polar surface area (TPSA) is 131 Å². The van der Waals surface area contributed by atoms with Gasteiger partial charge >= 0.3 is 11.9 Å². The number of aliphatic hydroxyl groups is 1. The molecule has 0 amide bonds. The van der Waals surface area contributed by atoms with Crippen LogP contribution in [0.15, 0.2) is 24.3 Å². The number of nitrogens with zero attached hydrogens (tertiary/aromatic N) is 1. The van der Waals surface area contributed by atoms with E-state index in [0.29, 0.717) is 17.4 Å². The highest BCUT2D eigenvalue weighted by atomic mass is 31.2. The van der Waals surface area contributed by atoms with Crippen molar-refractivity contribution in [2.45, 2.75) is 187 Å². The van der Waals surface area contributed by atoms with Crippen LogP contribution in [0.5, 0.6) is 0 Å². The number of carbonyl (C=O) groups is 2. The molecule has 0 saturated carbocycles. The molecule has 0 aliphatic carbocycles. The Morgan fingerprint density at radius 1 is 0.679 bits per heavy atom. The quantitative estimate of drug-likeness (QED) is 0.0214. The van der Waals surface area contributed by atoms with Crippen molar-refractivity contribution in [3.63, 3.8) is 0 Å². The van der Waals surface area contributed by atoms with Gasteiger partial charge in [-0.3, -0.25) is 14.2 Å². The Hall–Kier alpha value is -1.55. The van der Waals surface area contributed by atoms with Gasteiger partial charge in [0.1, 0.15) is 19.8 Å². The van der Waals surface area contributed by atoms with E-state index in [-0.39, 0.29) is 32.2 Å². The summed E-state index contributed by atoms with van der Waals surface area (Å²) < 4.78 is 33.8. The average molecular weight is 774 g/mol. The molecule has 0 bridgehead atoms. The van der Waals surface area contributed by atoms with E-state index in [1.54, 1.807) is 0 Å². The molecule has 0 spiro atoms. The lowest BCUT2D eigenvalue weighted by atomic mass is 10.0. The Bertz CT molecular complexity index is 982. The number of phosphoric acid groups is 1. The molecular weight excluding hydrogens is 693 g/mol. The first-order chi connectivity index (χ1) is 25.4. The second kappa shape index (κ2) is 34.9. The smallest absolute Gasteiger partial charge is 0.306 e. The van der Waals surface area contributed by atoms with Crippen LogP contribution in [0.4, 0.5) is 0 Å². The molecule has 0 aromatic heterocycles. The summed E-state index contributed by atoms with van der Waals surface area (Å²) in [6, 6.07) is 0. The first kappa shape index (κ1) is 51.5. The van der Waals surface area contributed by atoms with Gasteiger partial charge in [0, 0.05) is 12.8 Å². The van der Waals surface area contributed by atoms with Crippen LogP contribution in [-0.4, -0.2) is 81.2 Å². The molecule has 0 aliphatic heterocycles. The number of phosphoric ester groups is 1. The van der Waals surface area contributed by atoms with Gasteiger partial charge in [-0.25, -0.2) is 0 Å². The molecule has 0 aliphatic rings. The van der Waals surface area contributed by atoms with Crippen molar-refractivity contribution in [3.8, 4) is 0 Å². The molecule has 1 N–H and O–H groups in total. The number of hydrogen-bond acceptors (Lipinski definition) is 9. The van der Waals surface area contributed by atoms with Crippen molar-refractivity contribution >= 4 is 19.8 Å². The van der Waals surface area contributed by atoms with E-state index in [4.69, 9.17) is 18.5 Å². The van der Waals surface area contributed by atoms with Gasteiger partial charge in [-0.1, -0.05) is 154 Å². The number of rotatable bonds is 38. The summed E-state index contributed by atoms with van der Waals surface area (Å²) >= 11 is 0. The van der Waals surface area contributed by atoms with Crippen LogP contribution in [0.3, 0.4) is 0 Å². The van der Waals surface area contributed by atoms with Crippen LogP contribution in [0.2, 0.25) is 0 Å². The zero-order chi connectivity index (χ0) is 39.5. The van der Waals surface area contributed by atoms with E-state index in [1.165, 1.54) is 64.2 Å². The van der Waals surface area contributed by atoms with Gasteiger partial charge in [0.05, 0.1) is 33.9 Å². The van der Waals surface area contributed by atoms with Crippen LogP contribution in [-0.2, 0) is 32.7 Å². The summed E-state index contributed by atoms with van der Waals surface area (Å²) in [4.78, 5) is 37.4. The van der Waals surface area contributed by atoms with E-state index in [2.05, 4.69) is 19.9 Å². The standard InChI is InChI=1S/C42H80NO9P/c1-6-8-10-11-12-13-14-15-16-19-22-25-29-33-41(45)49-37-40(38-51-53(47,48)50-36-35-43(3,4)5)52-42(46)34-30-26-23-20-17-18-21-24-28-32-39(44)31-27-9-7-2/h21,24,28,32,39-40,44H,6-20,22-23,25-27,29-31,33-38H2,1-5H3/b24-21-,32-28+/t39?,40-/m1/s1. The third kappa shape index (κ3) is 38.5. The number of likely N-dealkylation sites (N-methyl/N-ethyl adjacent to an activating group) is 1. The van der Waals surface area contributed by atoms with Gasteiger partial charge in [-0.05, 0) is 32.1 Å². The Kier molecular flexibility index (Phi) is 33.9. The summed E-state index contributed by atoms with van der Waals surface area (Å²) in [5, 5.41) is 9.93. The predicted octanol–water partition coefficient (Wildman–Crippen LogP) is 9.91. The normalized spacial score (nSPS) is 14.5. The first-order valence-electron chi connectivity index (χ1n) is 21.2. The molecule has 10 nitrogen and oxygen atoms in total. The zero-order valence-electron chi connectivity index (χ0n) is 34.6. The molecule has 0 rings (SSSR count). The minimum Gasteiger partial charge on any atom is -0.756 e. The highest BCUT2D eigenvalue weighted by Gasteiger charge is 2.21. The first-order valence-corrected chi connectivity index (χ1v) is 22.6. The van der Waals surface area contributed by atoms with Crippen molar-refractivity contribution in [2.75, 3.05) is 47.5 Å². The monoisotopic (exact) mass is 774 g/mol. The van der Waals surface area contributed by atoms with E-state index in [0.717, 1.165) is 77.0 Å². The molecule has 312 valence electrons. The molecule has 0 aromatic rings. The van der Waals surface area contributed by atoms with E-state index in [1.807, 2.05) is 39.4 Å². The molecule has 3 atom stereocenters. The number of aliphatic hydroxyl groups excluding tert-OH is 1. The lowest BCUT2D eigenvalue weighted by molar-refractivity contribution is -0.870.